The van der Waals surface area contributed by atoms with Gasteiger partial charge in [-0.05, 0) is 18.4 Å². The highest BCUT2D eigenvalue weighted by Gasteiger charge is 2.54. The van der Waals surface area contributed by atoms with E-state index in [0.29, 0.717) is 0 Å². The summed E-state index contributed by atoms with van der Waals surface area (Å²) in [6, 6.07) is 10.3. The van der Waals surface area contributed by atoms with Crippen LogP contribution in [0.2, 0.25) is 0 Å². The molecule has 0 N–H and O–H groups in total. The van der Waals surface area contributed by atoms with Gasteiger partial charge < -0.3 is 4.74 Å². The number of hydrogen-bond acceptors (Lipinski definition) is 2. The highest BCUT2D eigenvalue weighted by Crippen LogP contribution is 2.53. The van der Waals surface area contributed by atoms with Gasteiger partial charge in [-0.1, -0.05) is 30.3 Å². The zero-order valence-electron chi connectivity index (χ0n) is 7.31. The highest BCUT2D eigenvalue weighted by atomic mass is 16.5. The van der Waals surface area contributed by atoms with Gasteiger partial charge in [0, 0.05) is 0 Å². The monoisotopic (exact) mass is 173 g/mol. The first-order valence-electron chi connectivity index (χ1n) is 4.65. The zero-order valence-corrected chi connectivity index (χ0v) is 7.31. The van der Waals surface area contributed by atoms with Crippen molar-refractivity contribution in [3.05, 3.63) is 35.9 Å². The molecule has 0 radical (unpaired) electrons. The summed E-state index contributed by atoms with van der Waals surface area (Å²) in [5.74, 6) is 0. The molecule has 0 saturated heterocycles. The van der Waals surface area contributed by atoms with E-state index in [1.54, 1.807) is 6.40 Å². The minimum atomic E-state index is 0.112. The second-order valence-corrected chi connectivity index (χ2v) is 3.76. The third kappa shape index (κ3) is 0.981. The predicted octanol–water partition coefficient (Wildman–Crippen LogP) is 2.32. The van der Waals surface area contributed by atoms with Crippen LogP contribution in [0.4, 0.5) is 0 Å². The second kappa shape index (κ2) is 2.34. The maximum Gasteiger partial charge on any atom is 0.171 e. The van der Waals surface area contributed by atoms with Crippen molar-refractivity contribution in [2.45, 2.75) is 24.5 Å². The standard InChI is InChI=1S/C11H11NO/c1-2-4-9(5-3-1)10-11(6-7-11)12-8-13-10/h1-5,8,10H,6-7H2. The molecular weight excluding hydrogens is 162 g/mol. The van der Waals surface area contributed by atoms with Crippen LogP contribution >= 0.6 is 0 Å². The van der Waals surface area contributed by atoms with Crippen LogP contribution in [0.25, 0.3) is 0 Å². The topological polar surface area (TPSA) is 21.6 Å². The summed E-state index contributed by atoms with van der Waals surface area (Å²) < 4.78 is 5.53. The molecular formula is C11H11NO. The molecule has 1 aliphatic heterocycles. The molecule has 0 bridgehead atoms. The summed E-state index contributed by atoms with van der Waals surface area (Å²) in [6.45, 7) is 0. The van der Waals surface area contributed by atoms with Crippen LogP contribution < -0.4 is 0 Å². The molecule has 1 aliphatic carbocycles. The number of benzene rings is 1. The summed E-state index contributed by atoms with van der Waals surface area (Å²) in [7, 11) is 0. The van der Waals surface area contributed by atoms with Gasteiger partial charge in [-0.3, -0.25) is 0 Å². The third-order valence-electron chi connectivity index (χ3n) is 2.86. The Labute approximate surface area is 77.3 Å². The van der Waals surface area contributed by atoms with Gasteiger partial charge >= 0.3 is 0 Å². The molecule has 1 fully saturated rings. The molecule has 66 valence electrons. The van der Waals surface area contributed by atoms with Crippen molar-refractivity contribution in [2.75, 3.05) is 0 Å². The lowest BCUT2D eigenvalue weighted by atomic mass is 10.0. The van der Waals surface area contributed by atoms with Gasteiger partial charge in [0.15, 0.2) is 6.40 Å². The fourth-order valence-corrected chi connectivity index (χ4v) is 1.93. The molecule has 1 heterocycles. The van der Waals surface area contributed by atoms with Crippen molar-refractivity contribution >= 4 is 6.40 Å². The molecule has 1 saturated carbocycles. The molecule has 1 atom stereocenters. The fourth-order valence-electron chi connectivity index (χ4n) is 1.93. The minimum Gasteiger partial charge on any atom is -0.473 e. The maximum atomic E-state index is 5.53. The first-order valence-corrected chi connectivity index (χ1v) is 4.65. The second-order valence-electron chi connectivity index (χ2n) is 3.76. The van der Waals surface area contributed by atoms with Gasteiger partial charge in [0.05, 0.1) is 0 Å². The van der Waals surface area contributed by atoms with Crippen molar-refractivity contribution in [2.24, 2.45) is 4.99 Å². The highest BCUT2D eigenvalue weighted by molar-refractivity contribution is 5.54. The Hall–Kier alpha value is -1.31. The summed E-state index contributed by atoms with van der Waals surface area (Å²) in [5, 5.41) is 0. The number of aliphatic imine (C=N–C) groups is 1. The van der Waals surface area contributed by atoms with E-state index in [-0.39, 0.29) is 11.6 Å². The van der Waals surface area contributed by atoms with Gasteiger partial charge in [-0.2, -0.15) is 0 Å². The summed E-state index contributed by atoms with van der Waals surface area (Å²) in [6.07, 6.45) is 4.13. The number of nitrogens with zero attached hydrogens (tertiary/aromatic N) is 1. The Balaban J connectivity index is 1.95. The average molecular weight is 173 g/mol. The van der Waals surface area contributed by atoms with Gasteiger partial charge in [-0.25, -0.2) is 4.99 Å². The largest absolute Gasteiger partial charge is 0.473 e. The molecule has 1 aromatic carbocycles. The average Bonchev–Trinajstić information content (AvgIpc) is 2.80. The van der Waals surface area contributed by atoms with Crippen LogP contribution in [-0.2, 0) is 4.74 Å². The summed E-state index contributed by atoms with van der Waals surface area (Å²) in [4.78, 5) is 4.39. The third-order valence-corrected chi connectivity index (χ3v) is 2.86. The Kier molecular flexibility index (Phi) is 1.29. The van der Waals surface area contributed by atoms with E-state index in [1.165, 1.54) is 18.4 Å². The predicted molar refractivity (Wildman–Crippen MR) is 50.7 cm³/mol. The van der Waals surface area contributed by atoms with Crippen LogP contribution in [0.15, 0.2) is 35.3 Å². The Bertz CT molecular complexity index is 340. The molecule has 2 nitrogen and oxygen atoms in total. The molecule has 2 heteroatoms. The van der Waals surface area contributed by atoms with E-state index in [9.17, 15) is 0 Å². The normalized spacial score (nSPS) is 27.5. The lowest BCUT2D eigenvalue weighted by Gasteiger charge is -2.15. The molecule has 1 spiro atoms. The SMILES string of the molecule is C1=NC2(CC2)C(c2ccccc2)O1. The first-order chi connectivity index (χ1) is 6.41. The molecule has 1 unspecified atom stereocenters. The molecule has 13 heavy (non-hydrogen) atoms. The van der Waals surface area contributed by atoms with Gasteiger partial charge in [0.2, 0.25) is 0 Å². The van der Waals surface area contributed by atoms with Crippen LogP contribution in [-0.4, -0.2) is 11.9 Å². The van der Waals surface area contributed by atoms with E-state index in [0.717, 1.165) is 0 Å². The number of ether oxygens (including phenoxy) is 1. The van der Waals surface area contributed by atoms with Gasteiger partial charge in [0.1, 0.15) is 11.6 Å². The van der Waals surface area contributed by atoms with Crippen LogP contribution in [0.1, 0.15) is 24.5 Å². The smallest absolute Gasteiger partial charge is 0.171 e. The Morgan fingerprint density at radius 3 is 2.69 bits per heavy atom. The fraction of sp³-hybridized carbons (Fsp3) is 0.364. The van der Waals surface area contributed by atoms with E-state index in [4.69, 9.17) is 4.74 Å². The van der Waals surface area contributed by atoms with E-state index >= 15 is 0 Å². The van der Waals surface area contributed by atoms with E-state index < -0.39 is 0 Å². The van der Waals surface area contributed by atoms with Crippen molar-refractivity contribution < 1.29 is 4.74 Å². The quantitative estimate of drug-likeness (QED) is 0.638. The Morgan fingerprint density at radius 2 is 2.00 bits per heavy atom. The van der Waals surface area contributed by atoms with Crippen molar-refractivity contribution in [3.63, 3.8) is 0 Å². The molecule has 0 amide bonds. The number of hydrogen-bond donors (Lipinski definition) is 0. The van der Waals surface area contributed by atoms with Crippen molar-refractivity contribution in [1.82, 2.24) is 0 Å². The van der Waals surface area contributed by atoms with Crippen LogP contribution in [0, 0.1) is 0 Å². The summed E-state index contributed by atoms with van der Waals surface area (Å²) in [5.41, 5.74) is 1.36. The van der Waals surface area contributed by atoms with Gasteiger partial charge in [0.25, 0.3) is 0 Å². The zero-order chi connectivity index (χ0) is 8.73. The minimum absolute atomic E-state index is 0.112. The lowest BCUT2D eigenvalue weighted by Crippen LogP contribution is -2.14. The number of rotatable bonds is 1. The molecule has 0 aromatic heterocycles. The van der Waals surface area contributed by atoms with E-state index in [2.05, 4.69) is 17.1 Å². The van der Waals surface area contributed by atoms with Crippen molar-refractivity contribution in [3.8, 4) is 0 Å². The van der Waals surface area contributed by atoms with Gasteiger partial charge in [-0.15, -0.1) is 0 Å². The first kappa shape index (κ1) is 7.13. The van der Waals surface area contributed by atoms with E-state index in [1.807, 2.05) is 18.2 Å². The summed E-state index contributed by atoms with van der Waals surface area (Å²) >= 11 is 0. The lowest BCUT2D eigenvalue weighted by molar-refractivity contribution is 0.194. The molecule has 1 aromatic rings. The molecule has 3 rings (SSSR count). The maximum absolute atomic E-state index is 5.53. The Morgan fingerprint density at radius 1 is 1.23 bits per heavy atom. The van der Waals surface area contributed by atoms with Crippen LogP contribution in [0.3, 0.4) is 0 Å². The van der Waals surface area contributed by atoms with Crippen molar-refractivity contribution in [1.29, 1.82) is 0 Å². The van der Waals surface area contributed by atoms with Crippen LogP contribution in [0.5, 0.6) is 0 Å². The molecule has 2 aliphatic rings.